The van der Waals surface area contributed by atoms with Crippen molar-refractivity contribution in [1.82, 2.24) is 0 Å². The van der Waals surface area contributed by atoms with E-state index < -0.39 is 12.1 Å². The van der Waals surface area contributed by atoms with Crippen molar-refractivity contribution < 1.29 is 19.4 Å². The number of carbonyl (C=O) groups is 1. The van der Waals surface area contributed by atoms with E-state index in [9.17, 15) is 4.79 Å². The Morgan fingerprint density at radius 3 is 2.05 bits per heavy atom. The molecule has 0 saturated heterocycles. The number of aliphatic carboxylic acids is 1. The number of fused-ring (bicyclic) bond motifs is 1. The lowest BCUT2D eigenvalue weighted by Crippen LogP contribution is -2.37. The average molecular weight is 298 g/mol. The lowest BCUT2D eigenvalue weighted by molar-refractivity contribution is -0.147. The van der Waals surface area contributed by atoms with Crippen LogP contribution in [0.5, 0.6) is 11.5 Å². The summed E-state index contributed by atoms with van der Waals surface area (Å²) >= 11 is 1.66. The maximum absolute atomic E-state index is 11.1. The molecular weight excluding hydrogens is 276 g/mol. The summed E-state index contributed by atoms with van der Waals surface area (Å²) < 4.78 is 11.4. The summed E-state index contributed by atoms with van der Waals surface area (Å²) in [6, 6.07) is 0. The van der Waals surface area contributed by atoms with Gasteiger partial charge in [0.1, 0.15) is 6.61 Å². The minimum Gasteiger partial charge on any atom is -0.484 e. The van der Waals surface area contributed by atoms with Gasteiger partial charge in [-0.2, -0.15) is 0 Å². The zero-order valence-corrected chi connectivity index (χ0v) is 13.7. The van der Waals surface area contributed by atoms with Crippen LogP contribution in [0.1, 0.15) is 51.3 Å². The number of hydrogen-bond acceptors (Lipinski definition) is 4. The minimum atomic E-state index is -0.987. The second-order valence-electron chi connectivity index (χ2n) is 7.17. The molecule has 1 unspecified atom stereocenters. The van der Waals surface area contributed by atoms with Gasteiger partial charge in [0.2, 0.25) is 6.10 Å². The Labute approximate surface area is 123 Å². The zero-order chi connectivity index (χ0) is 15.3. The van der Waals surface area contributed by atoms with Crippen molar-refractivity contribution in [2.45, 2.75) is 58.5 Å². The van der Waals surface area contributed by atoms with Gasteiger partial charge < -0.3 is 14.6 Å². The highest BCUT2D eigenvalue weighted by Gasteiger charge is 2.38. The summed E-state index contributed by atoms with van der Waals surface area (Å²) in [6.45, 7) is 12.7. The summed E-state index contributed by atoms with van der Waals surface area (Å²) in [6.07, 6.45) is -0.925. The molecule has 1 N–H and O–H groups in total. The van der Waals surface area contributed by atoms with E-state index in [4.69, 9.17) is 14.6 Å². The predicted molar refractivity (Wildman–Crippen MR) is 79.3 cm³/mol. The van der Waals surface area contributed by atoms with Gasteiger partial charge in [-0.05, 0) is 0 Å². The highest BCUT2D eigenvalue weighted by Crippen LogP contribution is 2.53. The first-order valence-electron chi connectivity index (χ1n) is 6.72. The molecule has 1 aromatic heterocycles. The van der Waals surface area contributed by atoms with Crippen LogP contribution in [-0.4, -0.2) is 23.8 Å². The van der Waals surface area contributed by atoms with Crippen LogP contribution in [0.4, 0.5) is 0 Å². The quantitative estimate of drug-likeness (QED) is 0.861. The van der Waals surface area contributed by atoms with E-state index in [1.165, 1.54) is 0 Å². The van der Waals surface area contributed by atoms with Crippen molar-refractivity contribution in [3.05, 3.63) is 9.75 Å². The third-order valence-corrected chi connectivity index (χ3v) is 5.10. The maximum atomic E-state index is 11.1. The largest absolute Gasteiger partial charge is 0.484 e. The molecule has 0 spiro atoms. The van der Waals surface area contributed by atoms with Crippen LogP contribution < -0.4 is 9.47 Å². The monoisotopic (exact) mass is 298 g/mol. The molecule has 0 aliphatic carbocycles. The topological polar surface area (TPSA) is 55.8 Å². The molecule has 0 aromatic carbocycles. The summed E-state index contributed by atoms with van der Waals surface area (Å²) in [7, 11) is 0. The van der Waals surface area contributed by atoms with Gasteiger partial charge in [-0.1, -0.05) is 41.5 Å². The predicted octanol–water partition coefficient (Wildman–Crippen LogP) is 3.57. The van der Waals surface area contributed by atoms with Gasteiger partial charge in [0.25, 0.3) is 0 Å². The second kappa shape index (κ2) is 4.65. The fourth-order valence-corrected chi connectivity index (χ4v) is 3.38. The zero-order valence-electron chi connectivity index (χ0n) is 12.9. The first kappa shape index (κ1) is 15.2. The van der Waals surface area contributed by atoms with Crippen LogP contribution in [0.15, 0.2) is 0 Å². The van der Waals surface area contributed by atoms with Crippen LogP contribution in [0, 0.1) is 0 Å². The lowest BCUT2D eigenvalue weighted by atomic mass is 9.91. The molecule has 0 saturated carbocycles. The van der Waals surface area contributed by atoms with Gasteiger partial charge >= 0.3 is 5.97 Å². The van der Waals surface area contributed by atoms with E-state index in [-0.39, 0.29) is 17.4 Å². The van der Waals surface area contributed by atoms with Crippen molar-refractivity contribution in [2.24, 2.45) is 0 Å². The standard InChI is InChI=1S/C15H22O4S/c1-14(2,3)11-9-10(12(20-11)15(4,5)6)19-8(7-18-9)13(16)17/h8H,7H2,1-6H3,(H,16,17). The molecule has 2 heterocycles. The van der Waals surface area contributed by atoms with E-state index in [0.29, 0.717) is 5.75 Å². The number of rotatable bonds is 1. The summed E-state index contributed by atoms with van der Waals surface area (Å²) in [5.41, 5.74) is -0.167. The van der Waals surface area contributed by atoms with Crippen molar-refractivity contribution in [2.75, 3.05) is 6.61 Å². The second-order valence-corrected chi connectivity index (χ2v) is 8.19. The first-order valence-corrected chi connectivity index (χ1v) is 7.53. The average Bonchev–Trinajstić information content (AvgIpc) is 2.65. The van der Waals surface area contributed by atoms with E-state index in [0.717, 1.165) is 15.5 Å². The first-order chi connectivity index (χ1) is 9.01. The van der Waals surface area contributed by atoms with Crippen LogP contribution >= 0.6 is 11.3 Å². The minimum absolute atomic E-state index is 0.0579. The molecule has 1 atom stereocenters. The van der Waals surface area contributed by atoms with Gasteiger partial charge in [-0.3, -0.25) is 0 Å². The van der Waals surface area contributed by atoms with Crippen molar-refractivity contribution in [1.29, 1.82) is 0 Å². The number of ether oxygens (including phenoxy) is 2. The smallest absolute Gasteiger partial charge is 0.348 e. The number of carboxylic acid groups (broad SMARTS) is 1. The van der Waals surface area contributed by atoms with Crippen molar-refractivity contribution in [3.63, 3.8) is 0 Å². The number of carboxylic acids is 1. The molecule has 5 heteroatoms. The third-order valence-electron chi connectivity index (χ3n) is 3.10. The normalized spacial score (nSPS) is 19.0. The van der Waals surface area contributed by atoms with Crippen molar-refractivity contribution in [3.8, 4) is 11.5 Å². The number of thiophene rings is 1. The SMILES string of the molecule is CC(C)(C)c1sc(C(C)(C)C)c2c1OCC(C(=O)O)O2. The highest BCUT2D eigenvalue weighted by molar-refractivity contribution is 7.13. The Hall–Kier alpha value is -1.23. The molecule has 4 nitrogen and oxygen atoms in total. The van der Waals surface area contributed by atoms with Gasteiger partial charge in [0.15, 0.2) is 11.5 Å². The van der Waals surface area contributed by atoms with E-state index >= 15 is 0 Å². The molecule has 2 rings (SSSR count). The molecule has 1 aliphatic heterocycles. The van der Waals surface area contributed by atoms with Crippen molar-refractivity contribution >= 4 is 17.3 Å². The Morgan fingerprint density at radius 1 is 1.10 bits per heavy atom. The fraction of sp³-hybridized carbons (Fsp3) is 0.667. The van der Waals surface area contributed by atoms with E-state index in [1.807, 2.05) is 0 Å². The Kier molecular flexibility index (Phi) is 3.53. The third kappa shape index (κ3) is 2.64. The molecule has 20 heavy (non-hydrogen) atoms. The molecule has 0 fully saturated rings. The summed E-state index contributed by atoms with van der Waals surface area (Å²) in [5.74, 6) is 0.356. The van der Waals surface area contributed by atoms with E-state index in [2.05, 4.69) is 41.5 Å². The lowest BCUT2D eigenvalue weighted by Gasteiger charge is -2.27. The summed E-state index contributed by atoms with van der Waals surface area (Å²) in [5, 5.41) is 9.12. The van der Waals surface area contributed by atoms with Gasteiger partial charge in [0, 0.05) is 10.8 Å². The molecule has 0 bridgehead atoms. The van der Waals surface area contributed by atoms with Gasteiger partial charge in [-0.25, -0.2) is 4.79 Å². The Bertz CT molecular complexity index is 531. The van der Waals surface area contributed by atoms with Crippen LogP contribution in [0.25, 0.3) is 0 Å². The molecular formula is C15H22O4S. The Balaban J connectivity index is 2.56. The molecule has 1 aromatic rings. The van der Waals surface area contributed by atoms with Gasteiger partial charge in [-0.15, -0.1) is 11.3 Å². The molecule has 112 valence electrons. The molecule has 0 amide bonds. The summed E-state index contributed by atoms with van der Waals surface area (Å²) in [4.78, 5) is 13.3. The Morgan fingerprint density at radius 2 is 1.60 bits per heavy atom. The molecule has 0 radical (unpaired) electrons. The van der Waals surface area contributed by atoms with Crippen LogP contribution in [0.2, 0.25) is 0 Å². The highest BCUT2D eigenvalue weighted by atomic mass is 32.1. The maximum Gasteiger partial charge on any atom is 0.348 e. The van der Waals surface area contributed by atoms with Crippen LogP contribution in [-0.2, 0) is 15.6 Å². The fourth-order valence-electron chi connectivity index (χ4n) is 2.08. The number of hydrogen-bond donors (Lipinski definition) is 1. The molecule has 1 aliphatic rings. The van der Waals surface area contributed by atoms with Gasteiger partial charge in [0.05, 0.1) is 9.75 Å². The van der Waals surface area contributed by atoms with E-state index in [1.54, 1.807) is 11.3 Å². The van der Waals surface area contributed by atoms with Crippen LogP contribution in [0.3, 0.4) is 0 Å².